The van der Waals surface area contributed by atoms with Crippen molar-refractivity contribution in [1.29, 1.82) is 0 Å². The van der Waals surface area contributed by atoms with Gasteiger partial charge in [0.25, 0.3) is 0 Å². The summed E-state index contributed by atoms with van der Waals surface area (Å²) in [6.07, 6.45) is 7.81. The van der Waals surface area contributed by atoms with E-state index >= 15 is 0 Å². The molecule has 1 aliphatic heterocycles. The molecule has 0 spiro atoms. The van der Waals surface area contributed by atoms with E-state index in [0.717, 1.165) is 24.2 Å². The largest absolute Gasteiger partial charge is 0.386 e. The SMILES string of the molecule is OC1c2ccccc2C=CC1N1CCCCC1. The number of aliphatic hydroxyl groups is 1. The van der Waals surface area contributed by atoms with Gasteiger partial charge in [-0.1, -0.05) is 42.8 Å². The van der Waals surface area contributed by atoms with Gasteiger partial charge in [0, 0.05) is 0 Å². The summed E-state index contributed by atoms with van der Waals surface area (Å²) in [7, 11) is 0. The van der Waals surface area contributed by atoms with Crippen molar-refractivity contribution in [2.45, 2.75) is 31.4 Å². The highest BCUT2D eigenvalue weighted by molar-refractivity contribution is 5.58. The van der Waals surface area contributed by atoms with Gasteiger partial charge in [-0.25, -0.2) is 0 Å². The quantitative estimate of drug-likeness (QED) is 0.800. The molecule has 0 amide bonds. The van der Waals surface area contributed by atoms with E-state index in [1.165, 1.54) is 19.3 Å². The molecular weight excluding hydrogens is 210 g/mol. The summed E-state index contributed by atoms with van der Waals surface area (Å²) in [5.41, 5.74) is 2.24. The molecule has 90 valence electrons. The zero-order valence-corrected chi connectivity index (χ0v) is 10.0. The van der Waals surface area contributed by atoms with Crippen LogP contribution in [-0.2, 0) is 0 Å². The van der Waals surface area contributed by atoms with Gasteiger partial charge in [-0.05, 0) is 37.1 Å². The van der Waals surface area contributed by atoms with Gasteiger partial charge >= 0.3 is 0 Å². The number of rotatable bonds is 1. The lowest BCUT2D eigenvalue weighted by atomic mass is 9.90. The van der Waals surface area contributed by atoms with Gasteiger partial charge in [0.2, 0.25) is 0 Å². The molecule has 1 aliphatic carbocycles. The maximum Gasteiger partial charge on any atom is 0.0986 e. The van der Waals surface area contributed by atoms with Gasteiger partial charge < -0.3 is 5.11 Å². The van der Waals surface area contributed by atoms with E-state index in [2.05, 4.69) is 23.1 Å². The standard InChI is InChI=1S/C15H19NO/c17-15-13-7-3-2-6-12(13)8-9-14(15)16-10-4-1-5-11-16/h2-3,6-9,14-15,17H,1,4-5,10-11H2. The number of benzene rings is 1. The van der Waals surface area contributed by atoms with Crippen molar-refractivity contribution in [3.05, 3.63) is 41.5 Å². The van der Waals surface area contributed by atoms with Crippen molar-refractivity contribution in [3.8, 4) is 0 Å². The van der Waals surface area contributed by atoms with Crippen LogP contribution in [0, 0.1) is 0 Å². The topological polar surface area (TPSA) is 23.5 Å². The second-order valence-corrected chi connectivity index (χ2v) is 5.02. The second kappa shape index (κ2) is 4.63. The summed E-state index contributed by atoms with van der Waals surface area (Å²) in [6.45, 7) is 2.24. The molecule has 1 saturated heterocycles. The molecule has 1 heterocycles. The van der Waals surface area contributed by atoms with Crippen LogP contribution in [0.25, 0.3) is 6.08 Å². The first-order chi connectivity index (χ1) is 8.36. The lowest BCUT2D eigenvalue weighted by Gasteiger charge is -2.37. The zero-order valence-electron chi connectivity index (χ0n) is 10.0. The Hall–Kier alpha value is -1.12. The summed E-state index contributed by atoms with van der Waals surface area (Å²) in [5.74, 6) is 0. The molecule has 0 radical (unpaired) electrons. The number of nitrogens with zero attached hydrogens (tertiary/aromatic N) is 1. The van der Waals surface area contributed by atoms with Crippen molar-refractivity contribution in [3.63, 3.8) is 0 Å². The first-order valence-corrected chi connectivity index (χ1v) is 6.55. The van der Waals surface area contributed by atoms with Crippen LogP contribution >= 0.6 is 0 Å². The van der Waals surface area contributed by atoms with Crippen molar-refractivity contribution in [2.75, 3.05) is 13.1 Å². The Morgan fingerprint density at radius 1 is 1.06 bits per heavy atom. The smallest absolute Gasteiger partial charge is 0.0986 e. The molecule has 2 unspecified atom stereocenters. The number of hydrogen-bond donors (Lipinski definition) is 1. The van der Waals surface area contributed by atoms with E-state index in [-0.39, 0.29) is 12.1 Å². The molecule has 2 aliphatic rings. The minimum atomic E-state index is -0.366. The Bertz CT molecular complexity index is 421. The molecular formula is C15H19NO. The fraction of sp³-hybridized carbons (Fsp3) is 0.467. The molecule has 1 aromatic carbocycles. The van der Waals surface area contributed by atoms with Crippen LogP contribution in [0.2, 0.25) is 0 Å². The summed E-state index contributed by atoms with van der Waals surface area (Å²) < 4.78 is 0. The van der Waals surface area contributed by atoms with Crippen LogP contribution in [0.4, 0.5) is 0 Å². The minimum absolute atomic E-state index is 0.171. The molecule has 1 aromatic rings. The van der Waals surface area contributed by atoms with Gasteiger partial charge in [-0.15, -0.1) is 0 Å². The van der Waals surface area contributed by atoms with Crippen molar-refractivity contribution in [2.24, 2.45) is 0 Å². The molecule has 1 N–H and O–H groups in total. The lowest BCUT2D eigenvalue weighted by molar-refractivity contribution is 0.0608. The highest BCUT2D eigenvalue weighted by Gasteiger charge is 2.29. The van der Waals surface area contributed by atoms with Crippen molar-refractivity contribution in [1.82, 2.24) is 4.90 Å². The van der Waals surface area contributed by atoms with Crippen molar-refractivity contribution >= 4 is 6.08 Å². The molecule has 0 aromatic heterocycles. The van der Waals surface area contributed by atoms with Gasteiger partial charge in [-0.3, -0.25) is 4.90 Å². The molecule has 2 atom stereocenters. The highest BCUT2D eigenvalue weighted by Crippen LogP contribution is 2.31. The van der Waals surface area contributed by atoms with Gasteiger partial charge in [0.05, 0.1) is 12.1 Å². The van der Waals surface area contributed by atoms with Gasteiger partial charge in [0.15, 0.2) is 0 Å². The maximum atomic E-state index is 10.5. The van der Waals surface area contributed by atoms with Crippen LogP contribution in [0.5, 0.6) is 0 Å². The average Bonchev–Trinajstić information content (AvgIpc) is 2.40. The number of hydrogen-bond acceptors (Lipinski definition) is 2. The summed E-state index contributed by atoms with van der Waals surface area (Å²) >= 11 is 0. The Morgan fingerprint density at radius 3 is 2.65 bits per heavy atom. The molecule has 1 fully saturated rings. The number of aliphatic hydroxyl groups excluding tert-OH is 1. The number of likely N-dealkylation sites (tertiary alicyclic amines) is 1. The van der Waals surface area contributed by atoms with E-state index < -0.39 is 0 Å². The first-order valence-electron chi connectivity index (χ1n) is 6.55. The first kappa shape index (κ1) is 11.0. The van der Waals surface area contributed by atoms with Crippen molar-refractivity contribution < 1.29 is 5.11 Å². The van der Waals surface area contributed by atoms with E-state index in [1.807, 2.05) is 18.2 Å². The molecule has 2 heteroatoms. The normalized spacial score (nSPS) is 29.0. The maximum absolute atomic E-state index is 10.5. The van der Waals surface area contributed by atoms with Gasteiger partial charge in [0.1, 0.15) is 0 Å². The Labute approximate surface area is 103 Å². The highest BCUT2D eigenvalue weighted by atomic mass is 16.3. The van der Waals surface area contributed by atoms with Crippen LogP contribution < -0.4 is 0 Å². The van der Waals surface area contributed by atoms with E-state index in [9.17, 15) is 5.11 Å². The molecule has 0 saturated carbocycles. The Morgan fingerprint density at radius 2 is 1.82 bits per heavy atom. The summed E-state index contributed by atoms with van der Waals surface area (Å²) in [5, 5.41) is 10.5. The van der Waals surface area contributed by atoms with Crippen LogP contribution in [-0.4, -0.2) is 29.1 Å². The molecule has 0 bridgehead atoms. The third kappa shape index (κ3) is 2.03. The fourth-order valence-electron chi connectivity index (χ4n) is 2.96. The molecule has 17 heavy (non-hydrogen) atoms. The van der Waals surface area contributed by atoms with Crippen LogP contribution in [0.3, 0.4) is 0 Å². The molecule has 2 nitrogen and oxygen atoms in total. The van der Waals surface area contributed by atoms with E-state index in [0.29, 0.717) is 0 Å². The number of piperidine rings is 1. The van der Waals surface area contributed by atoms with E-state index in [4.69, 9.17) is 0 Å². The van der Waals surface area contributed by atoms with E-state index in [1.54, 1.807) is 0 Å². The van der Waals surface area contributed by atoms with Gasteiger partial charge in [-0.2, -0.15) is 0 Å². The lowest BCUT2D eigenvalue weighted by Crippen LogP contribution is -2.42. The van der Waals surface area contributed by atoms with Crippen LogP contribution in [0.1, 0.15) is 36.5 Å². The monoisotopic (exact) mass is 229 g/mol. The predicted molar refractivity (Wildman–Crippen MR) is 69.6 cm³/mol. The second-order valence-electron chi connectivity index (χ2n) is 5.02. The fourth-order valence-corrected chi connectivity index (χ4v) is 2.96. The summed E-state index contributed by atoms with van der Waals surface area (Å²) in [4.78, 5) is 2.42. The third-order valence-corrected chi connectivity index (χ3v) is 3.92. The minimum Gasteiger partial charge on any atom is -0.386 e. The summed E-state index contributed by atoms with van der Waals surface area (Å²) in [6, 6.07) is 8.32. The molecule has 3 rings (SSSR count). The average molecular weight is 229 g/mol. The Kier molecular flexibility index (Phi) is 3.00. The zero-order chi connectivity index (χ0) is 11.7. The number of fused-ring (bicyclic) bond motifs is 1. The van der Waals surface area contributed by atoms with Crippen LogP contribution in [0.15, 0.2) is 30.3 Å². The predicted octanol–water partition coefficient (Wildman–Crippen LogP) is 2.60. The Balaban J connectivity index is 1.85. The third-order valence-electron chi connectivity index (χ3n) is 3.92.